The van der Waals surface area contributed by atoms with Gasteiger partial charge in [0, 0.05) is 55.4 Å². The topological polar surface area (TPSA) is 39.8 Å². The van der Waals surface area contributed by atoms with Crippen LogP contribution in [0.3, 0.4) is 0 Å². The molecule has 0 radical (unpaired) electrons. The van der Waals surface area contributed by atoms with Gasteiger partial charge in [-0.05, 0) is 25.8 Å². The number of rotatable bonds is 2. The second-order valence-electron chi connectivity index (χ2n) is 5.80. The van der Waals surface area contributed by atoms with Crippen LogP contribution in [0.25, 0.3) is 10.9 Å². The second-order valence-corrected chi connectivity index (χ2v) is 5.80. The Morgan fingerprint density at radius 2 is 2.27 bits per heavy atom. The number of carbonyl (C=O) groups excluding carboxylic acids is 1. The molecule has 1 aliphatic carbocycles. The molecular weight excluding hydrogens is 274 g/mol. The highest BCUT2D eigenvalue weighted by Crippen LogP contribution is 2.34. The number of nitrogens with zero attached hydrogens (tertiary/aromatic N) is 3. The van der Waals surface area contributed by atoms with E-state index in [1.807, 2.05) is 35.9 Å². The van der Waals surface area contributed by atoms with Crippen LogP contribution in [-0.4, -0.2) is 19.9 Å². The molecule has 0 bridgehead atoms. The van der Waals surface area contributed by atoms with Crippen molar-refractivity contribution in [2.75, 3.05) is 0 Å². The summed E-state index contributed by atoms with van der Waals surface area (Å²) >= 11 is 0. The number of benzene rings is 1. The van der Waals surface area contributed by atoms with Gasteiger partial charge < -0.3 is 9.13 Å². The van der Waals surface area contributed by atoms with Crippen molar-refractivity contribution < 1.29 is 8.91 Å². The Bertz CT molecular complexity index is 1020. The molecule has 0 amide bonds. The van der Waals surface area contributed by atoms with Crippen molar-refractivity contribution in [3.05, 3.63) is 53.7 Å². The van der Waals surface area contributed by atoms with Gasteiger partial charge in [-0.1, -0.05) is 18.2 Å². The van der Waals surface area contributed by atoms with E-state index in [1.165, 1.54) is 4.57 Å². The highest BCUT2D eigenvalue weighted by molar-refractivity contribution is 6.11. The molecule has 1 unspecified atom stereocenters. The average Bonchev–Trinajstić information content (AvgIpc) is 3.01. The van der Waals surface area contributed by atoms with Crippen molar-refractivity contribution in [2.45, 2.75) is 26.3 Å². The third-order valence-corrected chi connectivity index (χ3v) is 4.58. The summed E-state index contributed by atoms with van der Waals surface area (Å²) in [4.78, 5) is 17.2. The van der Waals surface area contributed by atoms with Crippen molar-refractivity contribution in [1.29, 1.82) is 0 Å². The molecule has 112 valence electrons. The molecule has 2 heterocycles. The first-order valence-electron chi connectivity index (χ1n) is 8.95. The summed E-state index contributed by atoms with van der Waals surface area (Å²) in [5.74, 6) is -1.05. The van der Waals surface area contributed by atoms with E-state index in [-0.39, 0.29) is 24.7 Å². The molecule has 4 heteroatoms. The maximum absolute atomic E-state index is 13.3. The zero-order valence-corrected chi connectivity index (χ0v) is 12.7. The molecule has 1 aliphatic rings. The predicted octanol–water partition coefficient (Wildman–Crippen LogP) is 3.13. The average molecular weight is 296 g/mol. The van der Waals surface area contributed by atoms with Gasteiger partial charge in [-0.2, -0.15) is 0 Å². The second kappa shape index (κ2) is 4.83. The van der Waals surface area contributed by atoms with Crippen LogP contribution in [-0.2, 0) is 20.0 Å². The van der Waals surface area contributed by atoms with Crippen LogP contribution in [0.15, 0.2) is 36.6 Å². The van der Waals surface area contributed by atoms with Crippen molar-refractivity contribution in [2.24, 2.45) is 12.9 Å². The lowest BCUT2D eigenvalue weighted by Gasteiger charge is -2.23. The minimum absolute atomic E-state index is 0.0411. The van der Waals surface area contributed by atoms with Gasteiger partial charge in [-0.25, -0.2) is 4.98 Å². The van der Waals surface area contributed by atoms with Gasteiger partial charge in [-0.3, -0.25) is 4.79 Å². The lowest BCUT2D eigenvalue weighted by atomic mass is 9.85. The number of ketones is 1. The molecule has 0 aliphatic heterocycles. The molecule has 3 aromatic rings. The molecular formula is C18H19N3O. The van der Waals surface area contributed by atoms with E-state index in [4.69, 9.17) is 4.11 Å². The van der Waals surface area contributed by atoms with Crippen LogP contribution in [0.4, 0.5) is 0 Å². The maximum Gasteiger partial charge on any atom is 0.170 e. The summed E-state index contributed by atoms with van der Waals surface area (Å²) in [5.41, 5.74) is 2.61. The Morgan fingerprint density at radius 1 is 1.45 bits per heavy atom. The van der Waals surface area contributed by atoms with Gasteiger partial charge in [0.25, 0.3) is 0 Å². The zero-order chi connectivity index (χ0) is 17.9. The maximum atomic E-state index is 13.3. The number of hydrogen-bond acceptors (Lipinski definition) is 2. The first-order valence-corrected chi connectivity index (χ1v) is 7.45. The van der Waals surface area contributed by atoms with Gasteiger partial charge in [0.05, 0.1) is 2.74 Å². The Labute approximate surface area is 133 Å². The van der Waals surface area contributed by atoms with Crippen LogP contribution < -0.4 is 0 Å². The molecule has 22 heavy (non-hydrogen) atoms. The standard InChI is InChI=1S/C18H19N3O/c1-12-19-9-10-21(12)11-13-7-8-16-17(18(13)22)14-5-3-4-6-15(14)20(16)2/h3-6,9-10,13H,7-8,11H2,1-2H3/i9D,10D,13D. The predicted molar refractivity (Wildman–Crippen MR) is 86.0 cm³/mol. The summed E-state index contributed by atoms with van der Waals surface area (Å²) in [7, 11) is 1.96. The Kier molecular flexibility index (Phi) is 2.28. The van der Waals surface area contributed by atoms with Crippen LogP contribution in [0.5, 0.6) is 0 Å². The van der Waals surface area contributed by atoms with Crippen molar-refractivity contribution in [1.82, 2.24) is 14.1 Å². The fraction of sp³-hybridized carbons (Fsp3) is 0.333. The molecule has 4 rings (SSSR count). The van der Waals surface area contributed by atoms with Crippen molar-refractivity contribution >= 4 is 16.7 Å². The van der Waals surface area contributed by atoms with Gasteiger partial charge in [0.15, 0.2) is 5.78 Å². The van der Waals surface area contributed by atoms with Crippen LogP contribution in [0, 0.1) is 12.8 Å². The van der Waals surface area contributed by atoms with Gasteiger partial charge >= 0.3 is 0 Å². The fourth-order valence-electron chi connectivity index (χ4n) is 3.35. The van der Waals surface area contributed by atoms with Crippen LogP contribution in [0.1, 0.15) is 32.4 Å². The minimum Gasteiger partial charge on any atom is -0.347 e. The van der Waals surface area contributed by atoms with Gasteiger partial charge in [0.2, 0.25) is 0 Å². The monoisotopic (exact) mass is 296 g/mol. The largest absolute Gasteiger partial charge is 0.347 e. The number of aromatic nitrogens is 3. The first kappa shape index (κ1) is 10.4. The Balaban J connectivity index is 1.82. The van der Waals surface area contributed by atoms with Gasteiger partial charge in [-0.15, -0.1) is 0 Å². The number of carbonyl (C=O) groups is 1. The van der Waals surface area contributed by atoms with Gasteiger partial charge in [0.1, 0.15) is 5.82 Å². The molecule has 0 saturated carbocycles. The smallest absolute Gasteiger partial charge is 0.170 e. The summed E-state index contributed by atoms with van der Waals surface area (Å²) < 4.78 is 28.0. The number of imidazole rings is 1. The molecule has 1 aromatic carbocycles. The lowest BCUT2D eigenvalue weighted by Crippen LogP contribution is -2.27. The molecule has 4 nitrogen and oxygen atoms in total. The summed E-state index contributed by atoms with van der Waals surface area (Å²) in [5, 5.41) is 0.885. The number of Topliss-reactive ketones (excluding diaryl/α,β-unsaturated/α-hetero) is 1. The molecule has 1 atom stereocenters. The van der Waals surface area contributed by atoms with Crippen LogP contribution in [0.2, 0.25) is 0 Å². The molecule has 2 aromatic heterocycles. The SMILES string of the molecule is [2H]c1nc(C)n(CC2([2H])CCc3c(c4ccccc4n3C)C2=O)c1[2H]. The Hall–Kier alpha value is -2.36. The van der Waals surface area contributed by atoms with E-state index < -0.39 is 5.89 Å². The molecule has 0 saturated heterocycles. The third kappa shape index (κ3) is 1.83. The quantitative estimate of drug-likeness (QED) is 0.729. The number of para-hydroxylation sites is 1. The number of hydrogen-bond donors (Lipinski definition) is 0. The fourth-order valence-corrected chi connectivity index (χ4v) is 3.35. The third-order valence-electron chi connectivity index (χ3n) is 4.58. The Morgan fingerprint density at radius 3 is 3.05 bits per heavy atom. The van der Waals surface area contributed by atoms with E-state index in [0.717, 1.165) is 16.6 Å². The van der Waals surface area contributed by atoms with Crippen LogP contribution >= 0.6 is 0 Å². The van der Waals surface area contributed by atoms with Crippen molar-refractivity contribution in [3.63, 3.8) is 0 Å². The van der Waals surface area contributed by atoms with E-state index in [0.29, 0.717) is 24.2 Å². The van der Waals surface area contributed by atoms with E-state index in [2.05, 4.69) is 4.98 Å². The molecule has 0 spiro atoms. The lowest BCUT2D eigenvalue weighted by molar-refractivity contribution is 0.0888. The molecule has 0 fully saturated rings. The zero-order valence-electron chi connectivity index (χ0n) is 15.7. The highest BCUT2D eigenvalue weighted by Gasteiger charge is 2.32. The summed E-state index contributed by atoms with van der Waals surface area (Å²) in [6.45, 7) is 1.77. The first-order chi connectivity index (χ1) is 11.8. The summed E-state index contributed by atoms with van der Waals surface area (Å²) in [6.07, 6.45) is 0.883. The van der Waals surface area contributed by atoms with E-state index in [9.17, 15) is 4.79 Å². The number of aryl methyl sites for hydroxylation is 2. The minimum atomic E-state index is -1.34. The highest BCUT2D eigenvalue weighted by atomic mass is 16.1. The van der Waals surface area contributed by atoms with E-state index in [1.54, 1.807) is 6.92 Å². The summed E-state index contributed by atoms with van der Waals surface area (Å²) in [6, 6.07) is 7.77. The normalized spacial score (nSPS) is 23.2. The number of fused-ring (bicyclic) bond motifs is 3. The molecule has 0 N–H and O–H groups in total. The van der Waals surface area contributed by atoms with Crippen molar-refractivity contribution in [3.8, 4) is 0 Å². The van der Waals surface area contributed by atoms with E-state index >= 15 is 0 Å².